The van der Waals surface area contributed by atoms with Gasteiger partial charge in [0, 0.05) is 25.7 Å². The lowest BCUT2D eigenvalue weighted by Gasteiger charge is -2.16. The van der Waals surface area contributed by atoms with Crippen molar-refractivity contribution < 1.29 is 22.0 Å². The molecule has 0 aliphatic carbocycles. The Labute approximate surface area is 135 Å². The van der Waals surface area contributed by atoms with E-state index in [1.165, 1.54) is 0 Å². The zero-order valence-electron chi connectivity index (χ0n) is 11.0. The second-order valence-corrected chi connectivity index (χ2v) is 4.40. The Kier molecular flexibility index (Phi) is 5.76. The summed E-state index contributed by atoms with van der Waals surface area (Å²) in [4.78, 5) is 5.85. The Bertz CT molecular complexity index is 544. The van der Waals surface area contributed by atoms with Crippen LogP contribution in [0.1, 0.15) is 11.1 Å². The SMILES string of the molecule is CN1CCN=C1NCc1cc(F)c(C(F)(F)F)cc1F.I. The summed E-state index contributed by atoms with van der Waals surface area (Å²) in [6, 6.07) is 0.729. The minimum atomic E-state index is -4.91. The smallest absolute Gasteiger partial charge is 0.352 e. The van der Waals surface area contributed by atoms with E-state index in [-0.39, 0.29) is 42.2 Å². The molecule has 21 heavy (non-hydrogen) atoms. The van der Waals surface area contributed by atoms with Gasteiger partial charge in [-0.25, -0.2) is 8.78 Å². The van der Waals surface area contributed by atoms with Gasteiger partial charge in [-0.2, -0.15) is 13.2 Å². The van der Waals surface area contributed by atoms with Gasteiger partial charge in [-0.1, -0.05) is 0 Å². The molecule has 1 heterocycles. The molecule has 2 rings (SSSR count). The first-order valence-corrected chi connectivity index (χ1v) is 5.83. The van der Waals surface area contributed by atoms with Crippen LogP contribution in [-0.4, -0.2) is 31.0 Å². The number of aliphatic imine (C=N–C) groups is 1. The molecule has 0 saturated carbocycles. The fraction of sp³-hybridized carbons (Fsp3) is 0.417. The van der Waals surface area contributed by atoms with Crippen molar-refractivity contribution in [2.24, 2.45) is 4.99 Å². The van der Waals surface area contributed by atoms with Crippen molar-refractivity contribution in [1.82, 2.24) is 10.2 Å². The Hall–Kier alpha value is -1.13. The van der Waals surface area contributed by atoms with Crippen LogP contribution in [0.3, 0.4) is 0 Å². The summed E-state index contributed by atoms with van der Waals surface area (Å²) < 4.78 is 64.1. The lowest BCUT2D eigenvalue weighted by Crippen LogP contribution is -2.35. The molecule has 1 aromatic rings. The molecule has 0 aromatic heterocycles. The van der Waals surface area contributed by atoms with E-state index in [2.05, 4.69) is 10.3 Å². The Morgan fingerprint density at radius 2 is 1.90 bits per heavy atom. The van der Waals surface area contributed by atoms with Crippen LogP contribution in [0.5, 0.6) is 0 Å². The Morgan fingerprint density at radius 1 is 1.24 bits per heavy atom. The van der Waals surface area contributed by atoms with Crippen molar-refractivity contribution in [3.05, 3.63) is 34.9 Å². The highest BCUT2D eigenvalue weighted by Gasteiger charge is 2.35. The van der Waals surface area contributed by atoms with E-state index in [1.807, 2.05) is 0 Å². The van der Waals surface area contributed by atoms with Gasteiger partial charge in [-0.05, 0) is 12.1 Å². The van der Waals surface area contributed by atoms with E-state index in [0.29, 0.717) is 25.1 Å². The van der Waals surface area contributed by atoms with E-state index in [0.717, 1.165) is 0 Å². The maximum atomic E-state index is 13.6. The first kappa shape index (κ1) is 17.9. The van der Waals surface area contributed by atoms with Crippen LogP contribution in [0.25, 0.3) is 0 Å². The quantitative estimate of drug-likeness (QED) is 0.588. The fourth-order valence-electron chi connectivity index (χ4n) is 1.84. The molecule has 0 unspecified atom stereocenters. The predicted octanol–water partition coefficient (Wildman–Crippen LogP) is 2.99. The predicted molar refractivity (Wildman–Crippen MR) is 78.5 cm³/mol. The lowest BCUT2D eigenvalue weighted by molar-refractivity contribution is -0.140. The summed E-state index contributed by atoms with van der Waals surface area (Å²) in [6.07, 6.45) is -4.91. The molecule has 0 saturated heterocycles. The molecular weight excluding hydrogens is 408 g/mol. The topological polar surface area (TPSA) is 27.6 Å². The van der Waals surface area contributed by atoms with E-state index in [9.17, 15) is 22.0 Å². The van der Waals surface area contributed by atoms with Gasteiger partial charge in [-0.15, -0.1) is 24.0 Å². The Morgan fingerprint density at radius 3 is 2.43 bits per heavy atom. The van der Waals surface area contributed by atoms with Gasteiger partial charge in [0.25, 0.3) is 0 Å². The summed E-state index contributed by atoms with van der Waals surface area (Å²) >= 11 is 0. The van der Waals surface area contributed by atoms with Crippen molar-refractivity contribution in [2.45, 2.75) is 12.7 Å². The molecule has 0 amide bonds. The minimum absolute atomic E-state index is 0. The summed E-state index contributed by atoms with van der Waals surface area (Å²) in [6.45, 7) is 1.15. The van der Waals surface area contributed by atoms with E-state index in [1.54, 1.807) is 11.9 Å². The molecule has 0 bridgehead atoms. The number of alkyl halides is 3. The van der Waals surface area contributed by atoms with Crippen LogP contribution in [-0.2, 0) is 12.7 Å². The monoisotopic (exact) mass is 421 g/mol. The molecular formula is C12H13F5IN3. The van der Waals surface area contributed by atoms with Gasteiger partial charge in [0.2, 0.25) is 0 Å². The van der Waals surface area contributed by atoms with Crippen LogP contribution < -0.4 is 5.32 Å². The highest BCUT2D eigenvalue weighted by Crippen LogP contribution is 2.32. The molecule has 9 heteroatoms. The van der Waals surface area contributed by atoms with Gasteiger partial charge in [-0.3, -0.25) is 4.99 Å². The molecule has 0 spiro atoms. The van der Waals surface area contributed by atoms with Crippen LogP contribution in [0.15, 0.2) is 17.1 Å². The van der Waals surface area contributed by atoms with Crippen molar-refractivity contribution in [2.75, 3.05) is 20.1 Å². The highest BCUT2D eigenvalue weighted by molar-refractivity contribution is 14.0. The zero-order valence-corrected chi connectivity index (χ0v) is 13.3. The molecule has 118 valence electrons. The third-order valence-corrected chi connectivity index (χ3v) is 2.94. The summed E-state index contributed by atoms with van der Waals surface area (Å²) in [5.74, 6) is -2.09. The Balaban J connectivity index is 0.00000220. The number of rotatable bonds is 2. The average molecular weight is 421 g/mol. The van der Waals surface area contributed by atoms with E-state index in [4.69, 9.17) is 0 Å². The van der Waals surface area contributed by atoms with Crippen LogP contribution in [0.4, 0.5) is 22.0 Å². The van der Waals surface area contributed by atoms with E-state index >= 15 is 0 Å². The average Bonchev–Trinajstić information content (AvgIpc) is 2.74. The lowest BCUT2D eigenvalue weighted by atomic mass is 10.1. The first-order valence-electron chi connectivity index (χ1n) is 5.83. The number of benzene rings is 1. The number of guanidine groups is 1. The number of nitrogens with one attached hydrogen (secondary N) is 1. The van der Waals surface area contributed by atoms with Gasteiger partial charge in [0.05, 0.1) is 12.1 Å². The minimum Gasteiger partial charge on any atom is -0.352 e. The first-order chi connectivity index (χ1) is 9.29. The number of nitrogens with zero attached hydrogens (tertiary/aromatic N) is 2. The fourth-order valence-corrected chi connectivity index (χ4v) is 1.84. The maximum absolute atomic E-state index is 13.6. The molecule has 1 N–H and O–H groups in total. The third kappa shape index (κ3) is 4.17. The molecule has 3 nitrogen and oxygen atoms in total. The third-order valence-electron chi connectivity index (χ3n) is 2.94. The van der Waals surface area contributed by atoms with Crippen LogP contribution in [0.2, 0.25) is 0 Å². The molecule has 1 aliphatic rings. The largest absolute Gasteiger partial charge is 0.419 e. The molecule has 1 aromatic carbocycles. The van der Waals surface area contributed by atoms with Gasteiger partial charge >= 0.3 is 6.18 Å². The standard InChI is InChI=1S/C12H12F5N3.HI/c1-20-3-2-18-11(20)19-6-7-4-10(14)8(5-9(7)13)12(15,16)17;/h4-5H,2-3,6H2,1H3,(H,18,19);1H. The number of hydrogen-bond donors (Lipinski definition) is 1. The summed E-state index contributed by atoms with van der Waals surface area (Å²) in [5, 5.41) is 2.76. The highest BCUT2D eigenvalue weighted by atomic mass is 127. The van der Waals surface area contributed by atoms with Crippen molar-refractivity contribution >= 4 is 29.9 Å². The molecule has 0 atom stereocenters. The van der Waals surface area contributed by atoms with Crippen LogP contribution in [0, 0.1) is 11.6 Å². The van der Waals surface area contributed by atoms with Gasteiger partial charge in [0.15, 0.2) is 5.96 Å². The summed E-state index contributed by atoms with van der Waals surface area (Å²) in [5.41, 5.74) is -1.78. The second-order valence-electron chi connectivity index (χ2n) is 4.40. The van der Waals surface area contributed by atoms with Crippen molar-refractivity contribution in [3.8, 4) is 0 Å². The molecule has 0 fully saturated rings. The van der Waals surface area contributed by atoms with Gasteiger partial charge < -0.3 is 10.2 Å². The van der Waals surface area contributed by atoms with Crippen LogP contribution >= 0.6 is 24.0 Å². The van der Waals surface area contributed by atoms with Gasteiger partial charge in [0.1, 0.15) is 11.6 Å². The van der Waals surface area contributed by atoms with Crippen molar-refractivity contribution in [1.29, 1.82) is 0 Å². The number of halogens is 6. The van der Waals surface area contributed by atoms with Crippen molar-refractivity contribution in [3.63, 3.8) is 0 Å². The van der Waals surface area contributed by atoms with E-state index < -0.39 is 23.4 Å². The second kappa shape index (κ2) is 6.75. The molecule has 0 radical (unpaired) electrons. The number of likely N-dealkylation sites (N-methyl/N-ethyl adjacent to an activating group) is 1. The normalized spacial score (nSPS) is 14.8. The number of hydrogen-bond acceptors (Lipinski definition) is 3. The zero-order chi connectivity index (χ0) is 14.9. The summed E-state index contributed by atoms with van der Waals surface area (Å²) in [7, 11) is 1.77. The molecule has 1 aliphatic heterocycles. The maximum Gasteiger partial charge on any atom is 0.419 e.